The minimum Gasteiger partial charge on any atom is -0.467 e. The summed E-state index contributed by atoms with van der Waals surface area (Å²) in [4.78, 5) is 4.25. The predicted molar refractivity (Wildman–Crippen MR) is 60.8 cm³/mol. The Morgan fingerprint density at radius 1 is 1.31 bits per heavy atom. The van der Waals surface area contributed by atoms with Crippen LogP contribution in [0.15, 0.2) is 47.3 Å². The minimum atomic E-state index is 0.396. The topological polar surface area (TPSA) is 56.5 Å². The molecule has 3 rings (SSSR count). The molecule has 0 saturated carbocycles. The number of aromatic nitrogens is 2. The van der Waals surface area contributed by atoms with E-state index in [9.17, 15) is 0 Å². The fourth-order valence-corrected chi connectivity index (χ4v) is 1.89. The maximum Gasteiger partial charge on any atom is 0.137 e. The number of imidazole rings is 1. The van der Waals surface area contributed by atoms with Gasteiger partial charge in [0.2, 0.25) is 0 Å². The van der Waals surface area contributed by atoms with Crippen molar-refractivity contribution in [3.8, 4) is 11.3 Å². The summed E-state index contributed by atoms with van der Waals surface area (Å²) in [5.74, 6) is 0.793. The zero-order valence-electron chi connectivity index (χ0n) is 8.63. The number of furan rings is 1. The van der Waals surface area contributed by atoms with Gasteiger partial charge in [0.05, 0.1) is 18.5 Å². The van der Waals surface area contributed by atoms with Gasteiger partial charge in [0.15, 0.2) is 0 Å². The molecule has 16 heavy (non-hydrogen) atoms. The first-order valence-corrected chi connectivity index (χ1v) is 5.09. The quantitative estimate of drug-likeness (QED) is 0.708. The van der Waals surface area contributed by atoms with E-state index in [1.54, 1.807) is 12.5 Å². The van der Waals surface area contributed by atoms with Crippen LogP contribution in [0.1, 0.15) is 5.76 Å². The second kappa shape index (κ2) is 3.50. The second-order valence-electron chi connectivity index (χ2n) is 3.53. The van der Waals surface area contributed by atoms with Crippen molar-refractivity contribution in [1.29, 1.82) is 0 Å². The van der Waals surface area contributed by atoms with Crippen molar-refractivity contribution < 1.29 is 4.42 Å². The molecule has 0 atom stereocenters. The van der Waals surface area contributed by atoms with Gasteiger partial charge < -0.3 is 10.2 Å². The van der Waals surface area contributed by atoms with Gasteiger partial charge in [-0.2, -0.15) is 0 Å². The van der Waals surface area contributed by atoms with E-state index in [1.807, 2.05) is 34.9 Å². The van der Waals surface area contributed by atoms with E-state index in [2.05, 4.69) is 4.98 Å². The molecule has 80 valence electrons. The Bertz CT molecular complexity index is 624. The molecular weight excluding hydrogens is 202 g/mol. The maximum atomic E-state index is 5.63. The molecule has 3 aromatic rings. The van der Waals surface area contributed by atoms with Gasteiger partial charge in [0.1, 0.15) is 11.4 Å². The smallest absolute Gasteiger partial charge is 0.137 e. The molecule has 0 unspecified atom stereocenters. The minimum absolute atomic E-state index is 0.396. The summed E-state index contributed by atoms with van der Waals surface area (Å²) in [5, 5.41) is 0. The van der Waals surface area contributed by atoms with E-state index < -0.39 is 0 Å². The van der Waals surface area contributed by atoms with Crippen molar-refractivity contribution in [3.63, 3.8) is 0 Å². The van der Waals surface area contributed by atoms with E-state index in [0.29, 0.717) is 6.54 Å². The lowest BCUT2D eigenvalue weighted by Gasteiger charge is -2.04. The van der Waals surface area contributed by atoms with Crippen LogP contribution in [-0.2, 0) is 6.54 Å². The monoisotopic (exact) mass is 213 g/mol. The summed E-state index contributed by atoms with van der Waals surface area (Å²) in [7, 11) is 0. The molecule has 3 heterocycles. The van der Waals surface area contributed by atoms with Gasteiger partial charge in [-0.3, -0.25) is 4.40 Å². The highest BCUT2D eigenvalue weighted by molar-refractivity contribution is 5.65. The first-order valence-electron chi connectivity index (χ1n) is 5.09. The number of rotatable bonds is 2. The molecule has 3 aromatic heterocycles. The van der Waals surface area contributed by atoms with E-state index in [0.717, 1.165) is 22.7 Å². The van der Waals surface area contributed by atoms with Gasteiger partial charge >= 0.3 is 0 Å². The SMILES string of the molecule is NCc1occc1-c1cccc2nccn12. The molecule has 0 saturated heterocycles. The Labute approximate surface area is 92.3 Å². The van der Waals surface area contributed by atoms with Crippen LogP contribution in [0, 0.1) is 0 Å². The normalized spacial score (nSPS) is 11.1. The summed E-state index contributed by atoms with van der Waals surface area (Å²) in [6, 6.07) is 7.90. The average Bonchev–Trinajstić information content (AvgIpc) is 2.96. The second-order valence-corrected chi connectivity index (χ2v) is 3.53. The zero-order chi connectivity index (χ0) is 11.0. The van der Waals surface area contributed by atoms with Crippen LogP contribution in [-0.4, -0.2) is 9.38 Å². The van der Waals surface area contributed by atoms with Gasteiger partial charge in [-0.15, -0.1) is 0 Å². The molecule has 0 spiro atoms. The van der Waals surface area contributed by atoms with E-state index >= 15 is 0 Å². The number of hydrogen-bond donors (Lipinski definition) is 1. The molecule has 0 aromatic carbocycles. The molecular formula is C12H11N3O. The molecule has 4 nitrogen and oxygen atoms in total. The van der Waals surface area contributed by atoms with Crippen LogP contribution in [0.25, 0.3) is 16.9 Å². The van der Waals surface area contributed by atoms with Crippen molar-refractivity contribution in [2.24, 2.45) is 5.73 Å². The molecule has 0 aliphatic rings. The highest BCUT2D eigenvalue weighted by Gasteiger charge is 2.10. The Kier molecular flexibility index (Phi) is 2.01. The first kappa shape index (κ1) is 9.18. The Morgan fingerprint density at radius 3 is 3.12 bits per heavy atom. The molecule has 0 amide bonds. The summed E-state index contributed by atoms with van der Waals surface area (Å²) < 4.78 is 7.35. The third-order valence-corrected chi connectivity index (χ3v) is 2.64. The molecule has 0 fully saturated rings. The summed E-state index contributed by atoms with van der Waals surface area (Å²) >= 11 is 0. The first-order chi connectivity index (χ1) is 7.90. The lowest BCUT2D eigenvalue weighted by atomic mass is 10.1. The number of fused-ring (bicyclic) bond motifs is 1. The van der Waals surface area contributed by atoms with Crippen LogP contribution in [0.2, 0.25) is 0 Å². The lowest BCUT2D eigenvalue weighted by Crippen LogP contribution is -1.98. The van der Waals surface area contributed by atoms with Crippen LogP contribution >= 0.6 is 0 Å². The number of nitrogens with zero attached hydrogens (tertiary/aromatic N) is 2. The van der Waals surface area contributed by atoms with Crippen LogP contribution in [0.3, 0.4) is 0 Å². The fourth-order valence-electron chi connectivity index (χ4n) is 1.89. The van der Waals surface area contributed by atoms with Gasteiger partial charge in [-0.1, -0.05) is 6.07 Å². The fraction of sp³-hybridized carbons (Fsp3) is 0.0833. The Morgan fingerprint density at radius 2 is 2.25 bits per heavy atom. The molecule has 0 radical (unpaired) electrons. The number of nitrogens with two attached hydrogens (primary N) is 1. The number of pyridine rings is 1. The third kappa shape index (κ3) is 1.24. The summed E-state index contributed by atoms with van der Waals surface area (Å²) in [6.07, 6.45) is 5.37. The van der Waals surface area contributed by atoms with Gasteiger partial charge in [-0.05, 0) is 18.2 Å². The van der Waals surface area contributed by atoms with E-state index in [4.69, 9.17) is 10.2 Å². The van der Waals surface area contributed by atoms with Crippen LogP contribution in [0.4, 0.5) is 0 Å². The molecule has 0 bridgehead atoms. The van der Waals surface area contributed by atoms with Crippen molar-refractivity contribution in [2.75, 3.05) is 0 Å². The Hall–Kier alpha value is -2.07. The average molecular weight is 213 g/mol. The van der Waals surface area contributed by atoms with Crippen LogP contribution in [0.5, 0.6) is 0 Å². The zero-order valence-corrected chi connectivity index (χ0v) is 8.63. The van der Waals surface area contributed by atoms with Crippen molar-refractivity contribution in [2.45, 2.75) is 6.54 Å². The summed E-state index contributed by atoms with van der Waals surface area (Å²) in [6.45, 7) is 0.396. The van der Waals surface area contributed by atoms with E-state index in [1.165, 1.54) is 0 Å². The third-order valence-electron chi connectivity index (χ3n) is 2.64. The predicted octanol–water partition coefficient (Wildman–Crippen LogP) is 2.05. The van der Waals surface area contributed by atoms with Gasteiger partial charge in [0.25, 0.3) is 0 Å². The lowest BCUT2D eigenvalue weighted by molar-refractivity contribution is 0.513. The Balaban J connectivity index is 2.29. The molecule has 0 aliphatic heterocycles. The van der Waals surface area contributed by atoms with Crippen molar-refractivity contribution in [3.05, 3.63) is 48.7 Å². The van der Waals surface area contributed by atoms with Crippen molar-refractivity contribution in [1.82, 2.24) is 9.38 Å². The molecule has 0 aliphatic carbocycles. The largest absolute Gasteiger partial charge is 0.467 e. The van der Waals surface area contributed by atoms with E-state index in [-0.39, 0.29) is 0 Å². The maximum absolute atomic E-state index is 5.63. The van der Waals surface area contributed by atoms with Crippen LogP contribution < -0.4 is 5.73 Å². The van der Waals surface area contributed by atoms with Gasteiger partial charge in [-0.25, -0.2) is 4.98 Å². The molecule has 4 heteroatoms. The van der Waals surface area contributed by atoms with Gasteiger partial charge in [0, 0.05) is 18.0 Å². The van der Waals surface area contributed by atoms with Crippen molar-refractivity contribution >= 4 is 5.65 Å². The standard InChI is InChI=1S/C12H11N3O/c13-8-11-9(4-7-16-11)10-2-1-3-12-14-5-6-15(10)12/h1-7H,8,13H2. The molecule has 2 N–H and O–H groups in total. The number of hydrogen-bond acceptors (Lipinski definition) is 3. The summed E-state index contributed by atoms with van der Waals surface area (Å²) in [5.41, 5.74) is 8.62. The highest BCUT2D eigenvalue weighted by atomic mass is 16.3. The highest BCUT2D eigenvalue weighted by Crippen LogP contribution is 2.25.